The summed E-state index contributed by atoms with van der Waals surface area (Å²) in [5.74, 6) is 1.19. The van der Waals surface area contributed by atoms with E-state index in [4.69, 9.17) is 4.98 Å². The fourth-order valence-electron chi connectivity index (χ4n) is 3.26. The first kappa shape index (κ1) is 22.2. The standard InChI is InChI=1S/C21H31BrN2.ClH/c1-3-4-5-6-7-8-9-10-11-16-21-23-19-14-12-13-15-20(19)24(21)17-18(2)22;/h12-15H,2-11,16-17H2,1H3;1H/p-1. The predicted octanol–water partition coefficient (Wildman–Crippen LogP) is 4.02. The quantitative estimate of drug-likeness (QED) is 0.469. The number of benzene rings is 1. The molecule has 1 heterocycles. The van der Waals surface area contributed by atoms with Gasteiger partial charge in [0.1, 0.15) is 5.82 Å². The maximum absolute atomic E-state index is 4.83. The Morgan fingerprint density at radius 3 is 2.24 bits per heavy atom. The Hall–Kier alpha value is -0.800. The molecule has 0 bridgehead atoms. The van der Waals surface area contributed by atoms with Crippen molar-refractivity contribution >= 4 is 27.0 Å². The summed E-state index contributed by atoms with van der Waals surface area (Å²) in [4.78, 5) is 4.83. The van der Waals surface area contributed by atoms with Crippen molar-refractivity contribution in [1.82, 2.24) is 9.55 Å². The van der Waals surface area contributed by atoms with E-state index in [-0.39, 0.29) is 12.4 Å². The van der Waals surface area contributed by atoms with Gasteiger partial charge in [0.25, 0.3) is 0 Å². The molecule has 0 spiro atoms. The van der Waals surface area contributed by atoms with E-state index < -0.39 is 0 Å². The van der Waals surface area contributed by atoms with Crippen LogP contribution in [0.3, 0.4) is 0 Å². The molecular formula is C21H31BrClN2-. The minimum absolute atomic E-state index is 0. The largest absolute Gasteiger partial charge is 1.00 e. The smallest absolute Gasteiger partial charge is 0.110 e. The highest BCUT2D eigenvalue weighted by Gasteiger charge is 2.10. The molecule has 0 aliphatic carbocycles. The Balaban J connectivity index is 0.00000312. The van der Waals surface area contributed by atoms with E-state index in [1.807, 2.05) is 0 Å². The van der Waals surface area contributed by atoms with Crippen molar-refractivity contribution in [2.75, 3.05) is 0 Å². The number of unbranched alkanes of at least 4 members (excludes halogenated alkanes) is 8. The monoisotopic (exact) mass is 425 g/mol. The van der Waals surface area contributed by atoms with E-state index in [0.29, 0.717) is 0 Å². The van der Waals surface area contributed by atoms with Gasteiger partial charge in [-0.1, -0.05) is 92.9 Å². The fraction of sp³-hybridized carbons (Fsp3) is 0.571. The van der Waals surface area contributed by atoms with E-state index in [1.54, 1.807) is 0 Å². The summed E-state index contributed by atoms with van der Waals surface area (Å²) >= 11 is 3.50. The molecule has 0 atom stereocenters. The van der Waals surface area contributed by atoms with Crippen LogP contribution in [0.4, 0.5) is 0 Å². The molecular weight excluding hydrogens is 396 g/mol. The van der Waals surface area contributed by atoms with Crippen LogP contribution in [0.1, 0.15) is 70.5 Å². The first-order chi connectivity index (χ1) is 11.7. The molecule has 1 aromatic carbocycles. The summed E-state index contributed by atoms with van der Waals surface area (Å²) in [6.07, 6.45) is 13.3. The molecule has 0 aliphatic heterocycles. The molecule has 4 heteroatoms. The van der Waals surface area contributed by atoms with E-state index in [2.05, 4.69) is 58.3 Å². The third kappa shape index (κ3) is 7.53. The molecule has 0 fully saturated rings. The van der Waals surface area contributed by atoms with Gasteiger partial charge >= 0.3 is 0 Å². The number of aromatic nitrogens is 2. The highest BCUT2D eigenvalue weighted by molar-refractivity contribution is 9.11. The van der Waals surface area contributed by atoms with E-state index in [9.17, 15) is 0 Å². The molecule has 0 saturated carbocycles. The zero-order valence-electron chi connectivity index (χ0n) is 15.4. The van der Waals surface area contributed by atoms with Crippen molar-refractivity contribution in [3.8, 4) is 0 Å². The maximum atomic E-state index is 4.83. The van der Waals surface area contributed by atoms with Gasteiger partial charge in [-0.2, -0.15) is 0 Å². The van der Waals surface area contributed by atoms with Gasteiger partial charge in [-0.3, -0.25) is 0 Å². The fourth-order valence-corrected chi connectivity index (χ4v) is 3.51. The SMILES string of the molecule is C=C(Br)Cn1c(CCCCCCCCCCC)nc2ccccc21.[Cl-]. The van der Waals surface area contributed by atoms with Crippen LogP contribution in [0.15, 0.2) is 35.3 Å². The summed E-state index contributed by atoms with van der Waals surface area (Å²) in [5.41, 5.74) is 2.31. The summed E-state index contributed by atoms with van der Waals surface area (Å²) in [5, 5.41) is 0. The van der Waals surface area contributed by atoms with Gasteiger partial charge < -0.3 is 17.0 Å². The summed E-state index contributed by atoms with van der Waals surface area (Å²) in [7, 11) is 0. The van der Waals surface area contributed by atoms with E-state index in [1.165, 1.54) is 69.1 Å². The Morgan fingerprint density at radius 1 is 1.00 bits per heavy atom. The number of hydrogen-bond acceptors (Lipinski definition) is 1. The van der Waals surface area contributed by atoms with Crippen molar-refractivity contribution in [3.63, 3.8) is 0 Å². The lowest BCUT2D eigenvalue weighted by atomic mass is 10.1. The lowest BCUT2D eigenvalue weighted by molar-refractivity contribution is -0.00000506. The van der Waals surface area contributed by atoms with Crippen LogP contribution < -0.4 is 12.4 Å². The number of nitrogens with zero attached hydrogens (tertiary/aromatic N) is 2. The molecule has 25 heavy (non-hydrogen) atoms. The zero-order valence-corrected chi connectivity index (χ0v) is 17.8. The van der Waals surface area contributed by atoms with Gasteiger partial charge in [0.15, 0.2) is 0 Å². The summed E-state index contributed by atoms with van der Waals surface area (Å²) < 4.78 is 3.30. The average molecular weight is 427 g/mol. The number of para-hydroxylation sites is 2. The summed E-state index contributed by atoms with van der Waals surface area (Å²) in [6.45, 7) is 7.07. The molecule has 0 aliphatic rings. The zero-order chi connectivity index (χ0) is 17.2. The number of rotatable bonds is 12. The lowest BCUT2D eigenvalue weighted by Crippen LogP contribution is -3.00. The van der Waals surface area contributed by atoms with Crippen LogP contribution in [0.2, 0.25) is 0 Å². The van der Waals surface area contributed by atoms with Gasteiger partial charge in [-0.05, 0) is 18.6 Å². The van der Waals surface area contributed by atoms with Crippen LogP contribution in [0, 0.1) is 0 Å². The highest BCUT2D eigenvalue weighted by Crippen LogP contribution is 2.20. The van der Waals surface area contributed by atoms with Crippen molar-refractivity contribution < 1.29 is 12.4 Å². The number of halogens is 2. The van der Waals surface area contributed by atoms with Crippen LogP contribution in [0.5, 0.6) is 0 Å². The molecule has 2 aromatic rings. The molecule has 140 valence electrons. The number of fused-ring (bicyclic) bond motifs is 1. The topological polar surface area (TPSA) is 17.8 Å². The molecule has 2 rings (SSSR count). The highest BCUT2D eigenvalue weighted by atomic mass is 79.9. The van der Waals surface area contributed by atoms with Gasteiger partial charge in [0.2, 0.25) is 0 Å². The van der Waals surface area contributed by atoms with Crippen LogP contribution in [0.25, 0.3) is 11.0 Å². The van der Waals surface area contributed by atoms with E-state index >= 15 is 0 Å². The van der Waals surface area contributed by atoms with Gasteiger partial charge in [-0.25, -0.2) is 4.98 Å². The molecule has 2 nitrogen and oxygen atoms in total. The Labute approximate surface area is 167 Å². The number of allylic oxidation sites excluding steroid dienone is 1. The van der Waals surface area contributed by atoms with Gasteiger partial charge in [0, 0.05) is 10.9 Å². The van der Waals surface area contributed by atoms with Crippen molar-refractivity contribution in [3.05, 3.63) is 41.2 Å². The third-order valence-electron chi connectivity index (χ3n) is 4.57. The first-order valence-corrected chi connectivity index (χ1v) is 10.3. The number of imidazole rings is 1. The first-order valence-electron chi connectivity index (χ1n) is 9.49. The number of hydrogen-bond donors (Lipinski definition) is 0. The molecule has 0 N–H and O–H groups in total. The molecule has 0 unspecified atom stereocenters. The lowest BCUT2D eigenvalue weighted by Gasteiger charge is -2.08. The second-order valence-electron chi connectivity index (χ2n) is 6.70. The van der Waals surface area contributed by atoms with Crippen LogP contribution >= 0.6 is 15.9 Å². The van der Waals surface area contributed by atoms with Crippen molar-refractivity contribution in [1.29, 1.82) is 0 Å². The molecule has 0 radical (unpaired) electrons. The maximum Gasteiger partial charge on any atom is 0.110 e. The van der Waals surface area contributed by atoms with Crippen LogP contribution in [-0.4, -0.2) is 9.55 Å². The van der Waals surface area contributed by atoms with Gasteiger partial charge in [0.05, 0.1) is 17.6 Å². The Morgan fingerprint density at radius 2 is 1.60 bits per heavy atom. The molecule has 0 saturated heterocycles. The van der Waals surface area contributed by atoms with E-state index in [0.717, 1.165) is 23.0 Å². The number of aryl methyl sites for hydroxylation is 1. The van der Waals surface area contributed by atoms with Crippen LogP contribution in [-0.2, 0) is 13.0 Å². The minimum Gasteiger partial charge on any atom is -1.00 e. The molecule has 1 aromatic heterocycles. The third-order valence-corrected chi connectivity index (χ3v) is 4.82. The minimum atomic E-state index is 0. The normalized spacial score (nSPS) is 10.8. The average Bonchev–Trinajstić information content (AvgIpc) is 2.91. The predicted molar refractivity (Wildman–Crippen MR) is 109 cm³/mol. The van der Waals surface area contributed by atoms with Crippen molar-refractivity contribution in [2.45, 2.75) is 77.7 Å². The van der Waals surface area contributed by atoms with Crippen molar-refractivity contribution in [2.24, 2.45) is 0 Å². The molecule has 0 amide bonds. The second-order valence-corrected chi connectivity index (χ2v) is 7.82. The Kier molecular flexibility index (Phi) is 11.2. The second kappa shape index (κ2) is 12.5. The Bertz CT molecular complexity index is 636. The van der Waals surface area contributed by atoms with Gasteiger partial charge in [-0.15, -0.1) is 0 Å². The summed E-state index contributed by atoms with van der Waals surface area (Å²) in [6, 6.07) is 8.39.